The molecule has 2 unspecified atom stereocenters. The molecule has 0 fully saturated rings. The molecule has 2 heterocycles. The van der Waals surface area contributed by atoms with Crippen molar-refractivity contribution >= 4 is 34.5 Å². The number of aryl methyl sites for hydroxylation is 1. The molecule has 0 bridgehead atoms. The highest BCUT2D eigenvalue weighted by atomic mass is 35.5. The summed E-state index contributed by atoms with van der Waals surface area (Å²) in [5, 5.41) is 13.6. The van der Waals surface area contributed by atoms with E-state index in [2.05, 4.69) is 20.8 Å². The Kier molecular flexibility index (Phi) is 6.40. The van der Waals surface area contributed by atoms with Gasteiger partial charge in [0.1, 0.15) is 12.1 Å². The highest BCUT2D eigenvalue weighted by Crippen LogP contribution is 2.31. The lowest BCUT2D eigenvalue weighted by Gasteiger charge is -2.19. The number of anilines is 1. The molecule has 1 aromatic carbocycles. The van der Waals surface area contributed by atoms with Gasteiger partial charge in [-0.05, 0) is 43.8 Å². The smallest absolute Gasteiger partial charge is 0.241 e. The summed E-state index contributed by atoms with van der Waals surface area (Å²) in [5.41, 5.74) is 6.75. The number of rotatable bonds is 7. The molecule has 0 aliphatic rings. The molecule has 0 radical (unpaired) electrons. The maximum absolute atomic E-state index is 13.3. The summed E-state index contributed by atoms with van der Waals surface area (Å²) in [6.07, 6.45) is 2.02. The minimum Gasteiger partial charge on any atom is -0.325 e. The Morgan fingerprint density at radius 1 is 1.39 bits per heavy atom. The van der Waals surface area contributed by atoms with Crippen molar-refractivity contribution in [2.45, 2.75) is 18.5 Å². The van der Waals surface area contributed by atoms with Crippen LogP contribution in [0, 0.1) is 5.82 Å². The summed E-state index contributed by atoms with van der Waals surface area (Å²) in [5.74, 6) is -0.0477. The first-order valence-corrected chi connectivity index (χ1v) is 9.71. The zero-order valence-electron chi connectivity index (χ0n) is 15.3. The maximum Gasteiger partial charge on any atom is 0.241 e. The van der Waals surface area contributed by atoms with Crippen LogP contribution >= 0.6 is 22.9 Å². The number of likely N-dealkylation sites (N-methyl/N-ethyl adjacent to an activating group) is 1. The summed E-state index contributed by atoms with van der Waals surface area (Å²) >= 11 is 7.28. The van der Waals surface area contributed by atoms with Crippen LogP contribution in [-0.4, -0.2) is 33.8 Å². The van der Waals surface area contributed by atoms with Crippen molar-refractivity contribution in [2.75, 3.05) is 12.4 Å². The van der Waals surface area contributed by atoms with Gasteiger partial charge in [-0.2, -0.15) is 0 Å². The van der Waals surface area contributed by atoms with Crippen LogP contribution in [0.4, 0.5) is 10.1 Å². The quantitative estimate of drug-likeness (QED) is 0.543. The molecular formula is C18H20ClFN6OS. The summed E-state index contributed by atoms with van der Waals surface area (Å²) in [6.45, 7) is 0. The number of amides is 1. The van der Waals surface area contributed by atoms with Gasteiger partial charge < -0.3 is 20.9 Å². The van der Waals surface area contributed by atoms with Crippen molar-refractivity contribution in [3.8, 4) is 10.7 Å². The van der Waals surface area contributed by atoms with E-state index in [1.165, 1.54) is 29.5 Å². The number of carbonyl (C=O) groups is 1. The summed E-state index contributed by atoms with van der Waals surface area (Å²) in [4.78, 5) is 14.5. The number of thiophene rings is 1. The van der Waals surface area contributed by atoms with E-state index in [0.29, 0.717) is 12.1 Å². The lowest BCUT2D eigenvalue weighted by Crippen LogP contribution is -2.40. The van der Waals surface area contributed by atoms with E-state index < -0.39 is 11.9 Å². The fourth-order valence-corrected chi connectivity index (χ4v) is 3.94. The summed E-state index contributed by atoms with van der Waals surface area (Å²) in [7, 11) is 3.56. The fraction of sp³-hybridized carbons (Fsp3) is 0.278. The minimum atomic E-state index is -0.539. The van der Waals surface area contributed by atoms with Gasteiger partial charge in [-0.15, -0.1) is 21.5 Å². The van der Waals surface area contributed by atoms with Crippen LogP contribution in [0.5, 0.6) is 0 Å². The van der Waals surface area contributed by atoms with Crippen LogP contribution in [0.1, 0.15) is 17.3 Å². The van der Waals surface area contributed by atoms with Gasteiger partial charge in [-0.25, -0.2) is 4.39 Å². The molecular weight excluding hydrogens is 403 g/mol. The van der Waals surface area contributed by atoms with Crippen LogP contribution in [0.15, 0.2) is 36.7 Å². The van der Waals surface area contributed by atoms with Gasteiger partial charge in [0.2, 0.25) is 5.91 Å². The molecule has 7 nitrogen and oxygen atoms in total. The summed E-state index contributed by atoms with van der Waals surface area (Å²) < 4.78 is 15.1. The van der Waals surface area contributed by atoms with Crippen molar-refractivity contribution in [1.29, 1.82) is 0 Å². The van der Waals surface area contributed by atoms with E-state index in [1.807, 2.05) is 23.7 Å². The van der Waals surface area contributed by atoms with Crippen molar-refractivity contribution in [1.82, 2.24) is 20.1 Å². The number of benzene rings is 1. The Labute approximate surface area is 170 Å². The first-order chi connectivity index (χ1) is 13.4. The predicted molar refractivity (Wildman–Crippen MR) is 109 cm³/mol. The van der Waals surface area contributed by atoms with E-state index in [-0.39, 0.29) is 17.0 Å². The largest absolute Gasteiger partial charge is 0.325 e. The van der Waals surface area contributed by atoms with E-state index in [4.69, 9.17) is 17.3 Å². The number of halogens is 2. The number of nitrogens with one attached hydrogen (secondary N) is 2. The first kappa shape index (κ1) is 20.4. The monoisotopic (exact) mass is 422 g/mol. The number of nitrogens with two attached hydrogens (primary N) is 1. The van der Waals surface area contributed by atoms with E-state index in [9.17, 15) is 9.18 Å². The molecule has 10 heteroatoms. The molecule has 0 saturated carbocycles. The molecule has 4 N–H and O–H groups in total. The van der Waals surface area contributed by atoms with E-state index >= 15 is 0 Å². The Morgan fingerprint density at radius 2 is 2.18 bits per heavy atom. The van der Waals surface area contributed by atoms with Gasteiger partial charge in [0, 0.05) is 23.7 Å². The molecule has 0 spiro atoms. The average molecular weight is 423 g/mol. The average Bonchev–Trinajstić information content (AvgIpc) is 3.31. The lowest BCUT2D eigenvalue weighted by molar-refractivity contribution is -0.118. The third-order valence-corrected chi connectivity index (χ3v) is 5.77. The van der Waals surface area contributed by atoms with Crippen LogP contribution in [0.2, 0.25) is 5.02 Å². The number of hydrogen-bond donors (Lipinski definition) is 3. The standard InChI is InChI=1S/C18H20ClFN6OS/c1-22-14(18(27)24-10-3-4-12(20)11(19)7-10)8-13(21)15-5-6-16(28-15)17-25-23-9-26(17)2/h3-7,9,13-14,22H,8,21H2,1-2H3,(H,24,27). The molecule has 0 aliphatic heterocycles. The predicted octanol–water partition coefficient (Wildman–Crippen LogP) is 2.95. The van der Waals surface area contributed by atoms with E-state index in [0.717, 1.165) is 15.6 Å². The zero-order chi connectivity index (χ0) is 20.3. The number of hydrogen-bond acceptors (Lipinski definition) is 6. The molecule has 2 atom stereocenters. The molecule has 3 aromatic rings. The summed E-state index contributed by atoms with van der Waals surface area (Å²) in [6, 6.07) is 7.04. The number of carbonyl (C=O) groups excluding carboxylic acids is 1. The Morgan fingerprint density at radius 3 is 2.82 bits per heavy atom. The number of nitrogens with zero attached hydrogens (tertiary/aromatic N) is 3. The van der Waals surface area contributed by atoms with Crippen LogP contribution in [0.3, 0.4) is 0 Å². The van der Waals surface area contributed by atoms with Gasteiger partial charge in [0.25, 0.3) is 0 Å². The minimum absolute atomic E-state index is 0.0506. The third kappa shape index (κ3) is 4.56. The Balaban J connectivity index is 1.66. The van der Waals surface area contributed by atoms with Crippen LogP contribution in [0.25, 0.3) is 10.7 Å². The normalized spacial score (nSPS) is 13.3. The van der Waals surface area contributed by atoms with E-state index in [1.54, 1.807) is 13.4 Å². The maximum atomic E-state index is 13.3. The second-order valence-corrected chi connectivity index (χ2v) is 7.79. The Hall–Kier alpha value is -2.33. The molecule has 148 valence electrons. The van der Waals surface area contributed by atoms with Gasteiger partial charge in [0.05, 0.1) is 15.9 Å². The van der Waals surface area contributed by atoms with Crippen molar-refractivity contribution < 1.29 is 9.18 Å². The molecule has 28 heavy (non-hydrogen) atoms. The second-order valence-electron chi connectivity index (χ2n) is 6.27. The van der Waals surface area contributed by atoms with Crippen LogP contribution < -0.4 is 16.4 Å². The lowest BCUT2D eigenvalue weighted by atomic mass is 10.1. The van der Waals surface area contributed by atoms with Crippen LogP contribution in [-0.2, 0) is 11.8 Å². The second kappa shape index (κ2) is 8.78. The van der Waals surface area contributed by atoms with Gasteiger partial charge in [-0.1, -0.05) is 11.6 Å². The van der Waals surface area contributed by atoms with Gasteiger partial charge in [0.15, 0.2) is 5.82 Å². The Bertz CT molecular complexity index is 975. The molecule has 0 saturated heterocycles. The first-order valence-electron chi connectivity index (χ1n) is 8.52. The van der Waals surface area contributed by atoms with Gasteiger partial charge in [-0.3, -0.25) is 4.79 Å². The van der Waals surface area contributed by atoms with Crippen molar-refractivity contribution in [2.24, 2.45) is 12.8 Å². The fourth-order valence-electron chi connectivity index (χ4n) is 2.71. The topological polar surface area (TPSA) is 97.9 Å². The highest BCUT2D eigenvalue weighted by molar-refractivity contribution is 7.15. The van der Waals surface area contributed by atoms with Crippen molar-refractivity contribution in [3.05, 3.63) is 52.4 Å². The number of aromatic nitrogens is 3. The zero-order valence-corrected chi connectivity index (χ0v) is 16.9. The third-order valence-electron chi connectivity index (χ3n) is 4.27. The molecule has 0 aliphatic carbocycles. The van der Waals surface area contributed by atoms with Crippen molar-refractivity contribution in [3.63, 3.8) is 0 Å². The molecule has 3 rings (SSSR count). The highest BCUT2D eigenvalue weighted by Gasteiger charge is 2.22. The molecule has 1 amide bonds. The molecule has 2 aromatic heterocycles. The van der Waals surface area contributed by atoms with Gasteiger partial charge >= 0.3 is 0 Å². The SMILES string of the molecule is CNC(CC(N)c1ccc(-c2nncn2C)s1)C(=O)Nc1ccc(F)c(Cl)c1.